The van der Waals surface area contributed by atoms with E-state index in [4.69, 9.17) is 4.52 Å². The first-order chi connectivity index (χ1) is 10.6. The molecule has 0 spiro atoms. The summed E-state index contributed by atoms with van der Waals surface area (Å²) in [4.78, 5) is 12.5. The molecule has 2 heterocycles. The summed E-state index contributed by atoms with van der Waals surface area (Å²) in [7, 11) is 0. The van der Waals surface area contributed by atoms with E-state index in [0.29, 0.717) is 5.76 Å². The van der Waals surface area contributed by atoms with E-state index in [1.807, 2.05) is 25.3 Å². The van der Waals surface area contributed by atoms with Crippen LogP contribution in [0.1, 0.15) is 73.3 Å². The van der Waals surface area contributed by atoms with Gasteiger partial charge in [-0.1, -0.05) is 5.16 Å². The number of carbonyl (C=O) groups excluding carboxylic acids is 1. The van der Waals surface area contributed by atoms with Gasteiger partial charge in [0, 0.05) is 11.6 Å². The first kappa shape index (κ1) is 14.7. The average molecular weight is 303 g/mol. The van der Waals surface area contributed by atoms with Crippen LogP contribution in [0, 0.1) is 0 Å². The molecule has 0 saturated carbocycles. The van der Waals surface area contributed by atoms with Crippen molar-refractivity contribution in [2.75, 3.05) is 0 Å². The quantitative estimate of drug-likeness (QED) is 0.936. The van der Waals surface area contributed by atoms with Gasteiger partial charge in [-0.3, -0.25) is 4.79 Å². The van der Waals surface area contributed by atoms with Crippen molar-refractivity contribution in [2.45, 2.75) is 58.5 Å². The van der Waals surface area contributed by atoms with E-state index in [-0.39, 0.29) is 18.0 Å². The maximum absolute atomic E-state index is 12.5. The number of aromatic nitrogens is 4. The number of rotatable bonds is 4. The van der Waals surface area contributed by atoms with Gasteiger partial charge in [0.05, 0.1) is 11.7 Å². The van der Waals surface area contributed by atoms with Crippen molar-refractivity contribution in [3.8, 4) is 0 Å². The van der Waals surface area contributed by atoms with Crippen LogP contribution in [0.25, 0.3) is 0 Å². The molecule has 7 nitrogen and oxygen atoms in total. The second-order valence-corrected chi connectivity index (χ2v) is 6.03. The van der Waals surface area contributed by atoms with E-state index in [2.05, 4.69) is 20.7 Å². The summed E-state index contributed by atoms with van der Waals surface area (Å²) in [6.07, 6.45) is 5.61. The molecular weight excluding hydrogens is 282 g/mol. The zero-order valence-corrected chi connectivity index (χ0v) is 13.2. The standard InChI is InChI=1S/C15H21N5O2/c1-9(2)20-8-16-18-14(20)10(3)17-15(21)13-11-6-4-5-7-12(11)19-22-13/h8-10H,4-7H2,1-3H3,(H,17,21)/t10-/m1/s1. The molecule has 3 rings (SSSR count). The van der Waals surface area contributed by atoms with Gasteiger partial charge in [-0.05, 0) is 46.5 Å². The van der Waals surface area contributed by atoms with Crippen LogP contribution in [0.5, 0.6) is 0 Å². The van der Waals surface area contributed by atoms with Crippen molar-refractivity contribution in [2.24, 2.45) is 0 Å². The van der Waals surface area contributed by atoms with Crippen molar-refractivity contribution in [3.63, 3.8) is 0 Å². The minimum absolute atomic E-state index is 0.235. The van der Waals surface area contributed by atoms with Gasteiger partial charge in [0.1, 0.15) is 6.33 Å². The topological polar surface area (TPSA) is 85.8 Å². The molecule has 1 amide bonds. The first-order valence-electron chi connectivity index (χ1n) is 7.75. The van der Waals surface area contributed by atoms with Crippen LogP contribution in [0.15, 0.2) is 10.9 Å². The summed E-state index contributed by atoms with van der Waals surface area (Å²) in [6.45, 7) is 5.99. The van der Waals surface area contributed by atoms with Gasteiger partial charge in [-0.2, -0.15) is 0 Å². The number of amides is 1. The predicted molar refractivity (Wildman–Crippen MR) is 79.4 cm³/mol. The van der Waals surface area contributed by atoms with Crippen LogP contribution in [-0.4, -0.2) is 25.8 Å². The Morgan fingerprint density at radius 1 is 1.32 bits per heavy atom. The lowest BCUT2D eigenvalue weighted by molar-refractivity contribution is 0.0898. The monoisotopic (exact) mass is 303 g/mol. The minimum atomic E-state index is -0.248. The van der Waals surface area contributed by atoms with Gasteiger partial charge in [-0.15, -0.1) is 10.2 Å². The van der Waals surface area contributed by atoms with E-state index < -0.39 is 0 Å². The highest BCUT2D eigenvalue weighted by atomic mass is 16.5. The van der Waals surface area contributed by atoms with E-state index in [9.17, 15) is 4.79 Å². The Hall–Kier alpha value is -2.18. The van der Waals surface area contributed by atoms with Crippen LogP contribution in [0.4, 0.5) is 0 Å². The number of nitrogens with zero attached hydrogens (tertiary/aromatic N) is 4. The fourth-order valence-corrected chi connectivity index (χ4v) is 2.86. The van der Waals surface area contributed by atoms with E-state index in [1.54, 1.807) is 6.33 Å². The normalized spacial score (nSPS) is 15.6. The summed E-state index contributed by atoms with van der Waals surface area (Å²) in [5, 5.41) is 15.0. The van der Waals surface area contributed by atoms with Gasteiger partial charge < -0.3 is 14.4 Å². The lowest BCUT2D eigenvalue weighted by Gasteiger charge is -2.16. The molecule has 1 aliphatic carbocycles. The molecule has 0 aliphatic heterocycles. The van der Waals surface area contributed by atoms with Crippen LogP contribution in [0.3, 0.4) is 0 Å². The SMILES string of the molecule is CC(C)n1cnnc1[C@@H](C)NC(=O)c1onc2c1CCCC2. The third-order valence-electron chi connectivity index (χ3n) is 4.06. The Labute approximate surface area is 129 Å². The Morgan fingerprint density at radius 2 is 2.09 bits per heavy atom. The largest absolute Gasteiger partial charge is 0.350 e. The maximum atomic E-state index is 12.5. The second kappa shape index (κ2) is 5.90. The zero-order valence-electron chi connectivity index (χ0n) is 13.2. The molecule has 1 aliphatic rings. The van der Waals surface area contributed by atoms with Crippen LogP contribution >= 0.6 is 0 Å². The van der Waals surface area contributed by atoms with E-state index in [0.717, 1.165) is 42.8 Å². The molecule has 2 aromatic heterocycles. The van der Waals surface area contributed by atoms with E-state index >= 15 is 0 Å². The number of fused-ring (bicyclic) bond motifs is 1. The molecule has 0 radical (unpaired) electrons. The highest BCUT2D eigenvalue weighted by Gasteiger charge is 2.26. The van der Waals surface area contributed by atoms with Crippen molar-refractivity contribution in [1.82, 2.24) is 25.2 Å². The van der Waals surface area contributed by atoms with Crippen LogP contribution in [0.2, 0.25) is 0 Å². The maximum Gasteiger partial charge on any atom is 0.290 e. The Morgan fingerprint density at radius 3 is 2.86 bits per heavy atom. The highest BCUT2D eigenvalue weighted by molar-refractivity contribution is 5.93. The summed E-state index contributed by atoms with van der Waals surface area (Å²) < 4.78 is 7.22. The van der Waals surface area contributed by atoms with Gasteiger partial charge in [0.15, 0.2) is 5.82 Å². The second-order valence-electron chi connectivity index (χ2n) is 6.03. The third-order valence-corrected chi connectivity index (χ3v) is 4.06. The molecule has 0 unspecified atom stereocenters. The average Bonchev–Trinajstić information content (AvgIpc) is 3.14. The van der Waals surface area contributed by atoms with Crippen LogP contribution in [-0.2, 0) is 12.8 Å². The summed E-state index contributed by atoms with van der Waals surface area (Å²) in [5.74, 6) is 0.843. The van der Waals surface area contributed by atoms with Crippen molar-refractivity contribution < 1.29 is 9.32 Å². The van der Waals surface area contributed by atoms with Crippen molar-refractivity contribution in [3.05, 3.63) is 29.2 Å². The molecule has 2 aromatic rings. The van der Waals surface area contributed by atoms with Gasteiger partial charge in [0.25, 0.3) is 5.91 Å². The Bertz CT molecular complexity index is 673. The number of nitrogens with one attached hydrogen (secondary N) is 1. The lowest BCUT2D eigenvalue weighted by Crippen LogP contribution is -2.29. The molecular formula is C15H21N5O2. The molecule has 0 bridgehead atoms. The van der Waals surface area contributed by atoms with Crippen LogP contribution < -0.4 is 5.32 Å². The van der Waals surface area contributed by atoms with Gasteiger partial charge in [0.2, 0.25) is 5.76 Å². The fraction of sp³-hybridized carbons (Fsp3) is 0.600. The number of carbonyl (C=O) groups is 1. The summed E-state index contributed by atoms with van der Waals surface area (Å²) in [6, 6.07) is -0.0101. The van der Waals surface area contributed by atoms with Gasteiger partial charge in [-0.25, -0.2) is 0 Å². The third kappa shape index (κ3) is 2.63. The Balaban J connectivity index is 1.76. The minimum Gasteiger partial charge on any atom is -0.350 e. The molecule has 118 valence electrons. The molecule has 0 aromatic carbocycles. The molecule has 7 heteroatoms. The fourth-order valence-electron chi connectivity index (χ4n) is 2.86. The predicted octanol–water partition coefficient (Wildman–Crippen LogP) is 2.22. The van der Waals surface area contributed by atoms with Gasteiger partial charge >= 0.3 is 0 Å². The van der Waals surface area contributed by atoms with Crippen molar-refractivity contribution in [1.29, 1.82) is 0 Å². The van der Waals surface area contributed by atoms with Crippen molar-refractivity contribution >= 4 is 5.91 Å². The first-order valence-corrected chi connectivity index (χ1v) is 7.75. The number of hydrogen-bond donors (Lipinski definition) is 1. The van der Waals surface area contributed by atoms with E-state index in [1.165, 1.54) is 0 Å². The number of hydrogen-bond acceptors (Lipinski definition) is 5. The summed E-state index contributed by atoms with van der Waals surface area (Å²) >= 11 is 0. The summed E-state index contributed by atoms with van der Waals surface area (Å²) in [5.41, 5.74) is 1.88. The molecule has 22 heavy (non-hydrogen) atoms. The Kier molecular flexibility index (Phi) is 3.96. The zero-order chi connectivity index (χ0) is 15.7. The number of aryl methyl sites for hydroxylation is 1. The molecule has 1 atom stereocenters. The lowest BCUT2D eigenvalue weighted by atomic mass is 9.96. The smallest absolute Gasteiger partial charge is 0.290 e. The molecule has 1 N–H and O–H groups in total. The molecule has 0 fully saturated rings. The highest BCUT2D eigenvalue weighted by Crippen LogP contribution is 2.24. The molecule has 0 saturated heterocycles.